The number of halogens is 1. The molecule has 1 atom stereocenters. The van der Waals surface area contributed by atoms with Crippen LogP contribution in [0.5, 0.6) is 0 Å². The van der Waals surface area contributed by atoms with Crippen molar-refractivity contribution in [3.8, 4) is 0 Å². The number of hydrogen-bond acceptors (Lipinski definition) is 5. The van der Waals surface area contributed by atoms with Crippen molar-refractivity contribution in [2.24, 2.45) is 11.3 Å². The standard InChI is InChI=1S/C19H31ClN4S/c1-22(2)18-21-17(20)16(25-18)12-24-10-8-19(14-24)7-4-9-23(13-19)11-15-5-3-6-15/h15H,3-14H2,1-2H3/t19-/m0/s1. The lowest BCUT2D eigenvalue weighted by molar-refractivity contribution is 0.0669. The van der Waals surface area contributed by atoms with Crippen molar-refractivity contribution in [2.45, 2.75) is 45.1 Å². The third kappa shape index (κ3) is 4.00. The Bertz CT molecular complexity index is 600. The minimum atomic E-state index is 0.531. The van der Waals surface area contributed by atoms with Crippen LogP contribution in [0, 0.1) is 11.3 Å². The van der Waals surface area contributed by atoms with Crippen molar-refractivity contribution in [1.29, 1.82) is 0 Å². The largest absolute Gasteiger partial charge is 0.354 e. The van der Waals surface area contributed by atoms with Gasteiger partial charge in [-0.05, 0) is 56.5 Å². The Hall–Kier alpha value is -0.360. The summed E-state index contributed by atoms with van der Waals surface area (Å²) in [6.07, 6.45) is 8.53. The number of piperidine rings is 1. The van der Waals surface area contributed by atoms with E-state index in [1.54, 1.807) is 11.3 Å². The van der Waals surface area contributed by atoms with Crippen LogP contribution in [0.1, 0.15) is 43.4 Å². The van der Waals surface area contributed by atoms with Gasteiger partial charge in [-0.1, -0.05) is 29.4 Å². The molecule has 1 spiro atoms. The van der Waals surface area contributed by atoms with Gasteiger partial charge in [-0.2, -0.15) is 0 Å². The average Bonchev–Trinajstić information content (AvgIpc) is 3.08. The van der Waals surface area contributed by atoms with Crippen molar-refractivity contribution < 1.29 is 0 Å². The first-order valence-electron chi connectivity index (χ1n) is 9.80. The molecule has 1 aromatic rings. The Morgan fingerprint density at radius 2 is 1.96 bits per heavy atom. The summed E-state index contributed by atoms with van der Waals surface area (Å²) >= 11 is 8.13. The zero-order chi connectivity index (χ0) is 17.4. The zero-order valence-corrected chi connectivity index (χ0v) is 17.2. The first-order chi connectivity index (χ1) is 12.0. The number of thiazole rings is 1. The SMILES string of the molecule is CN(C)c1nc(Cl)c(CN2CC[C@]3(CCCN(CC4CCC4)C3)C2)s1. The summed E-state index contributed by atoms with van der Waals surface area (Å²) in [4.78, 5) is 13.2. The summed E-state index contributed by atoms with van der Waals surface area (Å²) < 4.78 is 0. The predicted molar refractivity (Wildman–Crippen MR) is 107 cm³/mol. The van der Waals surface area contributed by atoms with E-state index in [9.17, 15) is 0 Å². The fourth-order valence-corrected chi connectivity index (χ4v) is 6.04. The number of aromatic nitrogens is 1. The van der Waals surface area contributed by atoms with Gasteiger partial charge in [0.25, 0.3) is 0 Å². The molecule has 4 rings (SSSR count). The maximum Gasteiger partial charge on any atom is 0.186 e. The van der Waals surface area contributed by atoms with E-state index in [0.29, 0.717) is 10.6 Å². The van der Waals surface area contributed by atoms with E-state index < -0.39 is 0 Å². The van der Waals surface area contributed by atoms with E-state index in [-0.39, 0.29) is 0 Å². The number of nitrogens with zero attached hydrogens (tertiary/aromatic N) is 4. The lowest BCUT2D eigenvalue weighted by Gasteiger charge is -2.43. The molecule has 2 aliphatic heterocycles. The van der Waals surface area contributed by atoms with Crippen molar-refractivity contribution in [1.82, 2.24) is 14.8 Å². The van der Waals surface area contributed by atoms with Crippen LogP contribution in [0.25, 0.3) is 0 Å². The predicted octanol–water partition coefficient (Wildman–Crippen LogP) is 3.95. The third-order valence-corrected chi connectivity index (χ3v) is 8.02. The van der Waals surface area contributed by atoms with E-state index in [1.165, 1.54) is 76.1 Å². The highest BCUT2D eigenvalue weighted by Gasteiger charge is 2.41. The molecule has 2 saturated heterocycles. The van der Waals surface area contributed by atoms with Gasteiger partial charge in [0.2, 0.25) is 0 Å². The fourth-order valence-electron chi connectivity index (χ4n) is 4.82. The number of hydrogen-bond donors (Lipinski definition) is 0. The molecule has 0 N–H and O–H groups in total. The maximum atomic E-state index is 6.39. The summed E-state index contributed by atoms with van der Waals surface area (Å²) in [7, 11) is 4.06. The average molecular weight is 383 g/mol. The molecule has 140 valence electrons. The smallest absolute Gasteiger partial charge is 0.186 e. The highest BCUT2D eigenvalue weighted by atomic mass is 35.5. The van der Waals surface area contributed by atoms with Crippen molar-refractivity contribution >= 4 is 28.1 Å². The van der Waals surface area contributed by atoms with E-state index in [0.717, 1.165) is 17.6 Å². The Balaban J connectivity index is 1.35. The Morgan fingerprint density at radius 1 is 1.16 bits per heavy atom. The van der Waals surface area contributed by atoms with Gasteiger partial charge in [0.15, 0.2) is 5.13 Å². The van der Waals surface area contributed by atoms with Crippen LogP contribution in [0.15, 0.2) is 0 Å². The quantitative estimate of drug-likeness (QED) is 0.768. The highest BCUT2D eigenvalue weighted by Crippen LogP contribution is 2.41. The van der Waals surface area contributed by atoms with Gasteiger partial charge in [0, 0.05) is 40.3 Å². The molecule has 1 aliphatic carbocycles. The van der Waals surface area contributed by atoms with Crippen LogP contribution in [0.4, 0.5) is 5.13 Å². The first kappa shape index (κ1) is 18.0. The van der Waals surface area contributed by atoms with E-state index in [1.807, 2.05) is 19.0 Å². The monoisotopic (exact) mass is 382 g/mol. The maximum absolute atomic E-state index is 6.39. The number of likely N-dealkylation sites (tertiary alicyclic amines) is 2. The molecular formula is C19H31ClN4S. The topological polar surface area (TPSA) is 22.6 Å². The lowest BCUT2D eigenvalue weighted by atomic mass is 9.78. The second-order valence-electron chi connectivity index (χ2n) is 8.70. The normalized spacial score (nSPS) is 28.6. The first-order valence-corrected chi connectivity index (χ1v) is 11.0. The van der Waals surface area contributed by atoms with Crippen molar-refractivity contribution in [3.63, 3.8) is 0 Å². The molecular weight excluding hydrogens is 352 g/mol. The van der Waals surface area contributed by atoms with Gasteiger partial charge in [0.1, 0.15) is 5.15 Å². The van der Waals surface area contributed by atoms with Gasteiger partial charge in [0.05, 0.1) is 4.88 Å². The fraction of sp³-hybridized carbons (Fsp3) is 0.842. The Kier molecular flexibility index (Phi) is 5.29. The van der Waals surface area contributed by atoms with Gasteiger partial charge in [-0.3, -0.25) is 4.90 Å². The van der Waals surface area contributed by atoms with Gasteiger partial charge in [-0.25, -0.2) is 4.98 Å². The van der Waals surface area contributed by atoms with Crippen LogP contribution >= 0.6 is 22.9 Å². The number of anilines is 1. The van der Waals surface area contributed by atoms with Crippen LogP contribution in [0.2, 0.25) is 5.15 Å². The van der Waals surface area contributed by atoms with E-state index in [2.05, 4.69) is 14.8 Å². The molecule has 1 aromatic heterocycles. The van der Waals surface area contributed by atoms with Gasteiger partial charge < -0.3 is 9.80 Å². The van der Waals surface area contributed by atoms with Crippen LogP contribution in [-0.4, -0.2) is 61.6 Å². The molecule has 4 nitrogen and oxygen atoms in total. The highest BCUT2D eigenvalue weighted by molar-refractivity contribution is 7.16. The molecule has 0 unspecified atom stereocenters. The van der Waals surface area contributed by atoms with Crippen LogP contribution in [0.3, 0.4) is 0 Å². The molecule has 0 amide bonds. The minimum Gasteiger partial charge on any atom is -0.354 e. The molecule has 0 radical (unpaired) electrons. The van der Waals surface area contributed by atoms with Gasteiger partial charge in [-0.15, -0.1) is 0 Å². The van der Waals surface area contributed by atoms with E-state index >= 15 is 0 Å². The second-order valence-corrected chi connectivity index (χ2v) is 10.1. The van der Waals surface area contributed by atoms with E-state index in [4.69, 9.17) is 11.6 Å². The molecule has 3 heterocycles. The summed E-state index contributed by atoms with van der Waals surface area (Å²) in [5.41, 5.74) is 0.531. The molecule has 6 heteroatoms. The van der Waals surface area contributed by atoms with Crippen LogP contribution < -0.4 is 4.90 Å². The van der Waals surface area contributed by atoms with Crippen molar-refractivity contribution in [2.75, 3.05) is 51.7 Å². The molecule has 1 saturated carbocycles. The summed E-state index contributed by atoms with van der Waals surface area (Å²) in [5.74, 6) is 0.994. The minimum absolute atomic E-state index is 0.531. The van der Waals surface area contributed by atoms with Crippen molar-refractivity contribution in [3.05, 3.63) is 10.0 Å². The third-order valence-electron chi connectivity index (χ3n) is 6.39. The zero-order valence-electron chi connectivity index (χ0n) is 15.6. The van der Waals surface area contributed by atoms with Crippen LogP contribution in [-0.2, 0) is 6.54 Å². The molecule has 0 bridgehead atoms. The Morgan fingerprint density at radius 3 is 2.64 bits per heavy atom. The Labute approximate surface area is 161 Å². The summed E-state index contributed by atoms with van der Waals surface area (Å²) in [5, 5.41) is 1.71. The molecule has 3 fully saturated rings. The number of rotatable bonds is 5. The second kappa shape index (κ2) is 7.34. The summed E-state index contributed by atoms with van der Waals surface area (Å²) in [6, 6.07) is 0. The molecule has 3 aliphatic rings. The lowest BCUT2D eigenvalue weighted by Crippen LogP contribution is -2.47. The molecule has 0 aromatic carbocycles. The van der Waals surface area contributed by atoms with Gasteiger partial charge >= 0.3 is 0 Å². The summed E-state index contributed by atoms with van der Waals surface area (Å²) in [6.45, 7) is 7.41. The molecule has 25 heavy (non-hydrogen) atoms.